The standard InChI is InChI=1S/C13H13NO2S3/c1-9-11(12(15)16)19-13(14-9)18-8-7-17-10-5-3-2-4-6-10/h2-6H,7-8H2,1H3,(H,15,16). The zero-order valence-electron chi connectivity index (χ0n) is 10.3. The Balaban J connectivity index is 1.80. The fourth-order valence-corrected chi connectivity index (χ4v) is 4.44. The molecule has 2 rings (SSSR count). The molecule has 0 radical (unpaired) electrons. The van der Waals surface area contributed by atoms with Gasteiger partial charge in [0.2, 0.25) is 0 Å². The van der Waals surface area contributed by atoms with Crippen LogP contribution in [-0.4, -0.2) is 27.6 Å². The van der Waals surface area contributed by atoms with Gasteiger partial charge in [0.15, 0.2) is 4.34 Å². The van der Waals surface area contributed by atoms with Crippen molar-refractivity contribution in [2.24, 2.45) is 0 Å². The Morgan fingerprint density at radius 1 is 1.26 bits per heavy atom. The van der Waals surface area contributed by atoms with E-state index in [1.807, 2.05) is 18.2 Å². The second-order valence-electron chi connectivity index (χ2n) is 3.71. The van der Waals surface area contributed by atoms with E-state index in [0.717, 1.165) is 15.8 Å². The average molecular weight is 311 g/mol. The third kappa shape index (κ3) is 4.26. The van der Waals surface area contributed by atoms with Gasteiger partial charge in [0.05, 0.1) is 5.69 Å². The molecule has 0 amide bonds. The predicted octanol–water partition coefficient (Wildman–Crippen LogP) is 4.03. The molecule has 1 heterocycles. The number of hydrogen-bond donors (Lipinski definition) is 1. The molecule has 6 heteroatoms. The highest BCUT2D eigenvalue weighted by Crippen LogP contribution is 2.28. The SMILES string of the molecule is Cc1nc(SCCSc2ccccc2)sc1C(=O)O. The van der Waals surface area contributed by atoms with Crippen LogP contribution in [0.4, 0.5) is 0 Å². The van der Waals surface area contributed by atoms with E-state index in [0.29, 0.717) is 10.6 Å². The summed E-state index contributed by atoms with van der Waals surface area (Å²) in [6.07, 6.45) is 0. The van der Waals surface area contributed by atoms with Crippen molar-refractivity contribution in [1.29, 1.82) is 0 Å². The molecule has 0 unspecified atom stereocenters. The van der Waals surface area contributed by atoms with Crippen LogP contribution in [0.15, 0.2) is 39.6 Å². The van der Waals surface area contributed by atoms with E-state index in [2.05, 4.69) is 17.1 Å². The molecule has 0 saturated carbocycles. The fraction of sp³-hybridized carbons (Fsp3) is 0.231. The summed E-state index contributed by atoms with van der Waals surface area (Å²) in [4.78, 5) is 16.8. The number of aromatic nitrogens is 1. The Morgan fingerprint density at radius 3 is 2.58 bits per heavy atom. The quantitative estimate of drug-likeness (QED) is 0.644. The lowest BCUT2D eigenvalue weighted by Gasteiger charge is -1.99. The highest BCUT2D eigenvalue weighted by molar-refractivity contribution is 8.03. The maximum atomic E-state index is 10.9. The summed E-state index contributed by atoms with van der Waals surface area (Å²) in [6.45, 7) is 1.74. The summed E-state index contributed by atoms with van der Waals surface area (Å²) in [5, 5.41) is 8.96. The summed E-state index contributed by atoms with van der Waals surface area (Å²) in [7, 11) is 0. The van der Waals surface area contributed by atoms with Crippen LogP contribution in [0.5, 0.6) is 0 Å². The van der Waals surface area contributed by atoms with Crippen LogP contribution >= 0.6 is 34.9 Å². The fourth-order valence-electron chi connectivity index (χ4n) is 1.44. The molecule has 3 nitrogen and oxygen atoms in total. The van der Waals surface area contributed by atoms with Gasteiger partial charge < -0.3 is 5.11 Å². The molecule has 0 aliphatic rings. The van der Waals surface area contributed by atoms with E-state index in [9.17, 15) is 4.79 Å². The Kier molecular flexibility index (Phi) is 5.30. The summed E-state index contributed by atoms with van der Waals surface area (Å²) in [5.74, 6) is 1.02. The highest BCUT2D eigenvalue weighted by Gasteiger charge is 2.13. The summed E-state index contributed by atoms with van der Waals surface area (Å²) in [6, 6.07) is 10.2. The van der Waals surface area contributed by atoms with E-state index in [1.165, 1.54) is 16.2 Å². The molecule has 0 aliphatic heterocycles. The molecule has 0 saturated heterocycles. The molecular weight excluding hydrogens is 298 g/mol. The first kappa shape index (κ1) is 14.4. The number of rotatable bonds is 6. The van der Waals surface area contributed by atoms with E-state index in [1.54, 1.807) is 30.4 Å². The molecule has 0 atom stereocenters. The number of carbonyl (C=O) groups is 1. The monoisotopic (exact) mass is 311 g/mol. The largest absolute Gasteiger partial charge is 0.477 e. The molecule has 1 aromatic heterocycles. The number of hydrogen-bond acceptors (Lipinski definition) is 5. The van der Waals surface area contributed by atoms with Crippen LogP contribution in [-0.2, 0) is 0 Å². The molecule has 1 aromatic carbocycles. The lowest BCUT2D eigenvalue weighted by Crippen LogP contribution is -1.94. The number of aryl methyl sites for hydroxylation is 1. The maximum Gasteiger partial charge on any atom is 0.347 e. The predicted molar refractivity (Wildman–Crippen MR) is 81.7 cm³/mol. The van der Waals surface area contributed by atoms with E-state index in [4.69, 9.17) is 5.11 Å². The van der Waals surface area contributed by atoms with Gasteiger partial charge in [-0.3, -0.25) is 0 Å². The van der Waals surface area contributed by atoms with Crippen LogP contribution in [0.3, 0.4) is 0 Å². The van der Waals surface area contributed by atoms with Gasteiger partial charge in [-0.1, -0.05) is 30.0 Å². The van der Waals surface area contributed by atoms with Crippen LogP contribution in [0.25, 0.3) is 0 Å². The summed E-state index contributed by atoms with van der Waals surface area (Å²) in [5.41, 5.74) is 0.607. The molecule has 19 heavy (non-hydrogen) atoms. The first-order valence-corrected chi connectivity index (χ1v) is 8.47. The van der Waals surface area contributed by atoms with Crippen LogP contribution in [0.1, 0.15) is 15.4 Å². The van der Waals surface area contributed by atoms with Gasteiger partial charge in [-0.2, -0.15) is 0 Å². The zero-order valence-corrected chi connectivity index (χ0v) is 12.8. The van der Waals surface area contributed by atoms with Crippen molar-refractivity contribution >= 4 is 40.8 Å². The normalized spacial score (nSPS) is 10.6. The second-order valence-corrected chi connectivity index (χ2v) is 7.22. The van der Waals surface area contributed by atoms with Gasteiger partial charge in [0, 0.05) is 16.4 Å². The van der Waals surface area contributed by atoms with Gasteiger partial charge in [-0.05, 0) is 19.1 Å². The van der Waals surface area contributed by atoms with Gasteiger partial charge >= 0.3 is 5.97 Å². The van der Waals surface area contributed by atoms with E-state index < -0.39 is 5.97 Å². The minimum absolute atomic E-state index is 0.346. The molecule has 100 valence electrons. The van der Waals surface area contributed by atoms with Crippen LogP contribution < -0.4 is 0 Å². The van der Waals surface area contributed by atoms with Crippen molar-refractivity contribution in [3.63, 3.8) is 0 Å². The van der Waals surface area contributed by atoms with Gasteiger partial charge in [-0.25, -0.2) is 9.78 Å². The second kappa shape index (κ2) is 6.98. The van der Waals surface area contributed by atoms with E-state index in [-0.39, 0.29) is 0 Å². The molecule has 1 N–H and O–H groups in total. The van der Waals surface area contributed by atoms with E-state index >= 15 is 0 Å². The average Bonchev–Trinajstić information content (AvgIpc) is 2.77. The van der Waals surface area contributed by atoms with Crippen molar-refractivity contribution in [1.82, 2.24) is 4.98 Å². The summed E-state index contributed by atoms with van der Waals surface area (Å²) >= 11 is 4.67. The number of carboxylic acids is 1. The first-order chi connectivity index (χ1) is 9.16. The summed E-state index contributed by atoms with van der Waals surface area (Å²) < 4.78 is 0.837. The van der Waals surface area contributed by atoms with Crippen molar-refractivity contribution in [3.8, 4) is 0 Å². The third-order valence-corrected chi connectivity index (χ3v) is 5.85. The lowest BCUT2D eigenvalue weighted by atomic mass is 10.4. The number of nitrogens with zero attached hydrogens (tertiary/aromatic N) is 1. The molecule has 0 aliphatic carbocycles. The minimum atomic E-state index is -0.888. The van der Waals surface area contributed by atoms with Gasteiger partial charge in [0.1, 0.15) is 4.88 Å². The zero-order chi connectivity index (χ0) is 13.7. The van der Waals surface area contributed by atoms with Crippen LogP contribution in [0.2, 0.25) is 0 Å². The molecule has 0 fully saturated rings. The number of carboxylic acid groups (broad SMARTS) is 1. The number of thioether (sulfide) groups is 2. The van der Waals surface area contributed by atoms with Crippen molar-refractivity contribution in [2.45, 2.75) is 16.2 Å². The molecule has 0 spiro atoms. The van der Waals surface area contributed by atoms with Gasteiger partial charge in [-0.15, -0.1) is 23.1 Å². The van der Waals surface area contributed by atoms with Crippen molar-refractivity contribution in [3.05, 3.63) is 40.9 Å². The Hall–Kier alpha value is -0.980. The number of benzene rings is 1. The Morgan fingerprint density at radius 2 is 1.95 bits per heavy atom. The van der Waals surface area contributed by atoms with Crippen LogP contribution in [0, 0.1) is 6.92 Å². The molecule has 2 aromatic rings. The van der Waals surface area contributed by atoms with Crippen molar-refractivity contribution < 1.29 is 9.90 Å². The smallest absolute Gasteiger partial charge is 0.347 e. The number of thiazole rings is 1. The molecular formula is C13H13NO2S3. The number of aromatic carboxylic acids is 1. The third-order valence-electron chi connectivity index (χ3n) is 2.29. The first-order valence-electron chi connectivity index (χ1n) is 5.68. The Labute approximate surface area is 124 Å². The van der Waals surface area contributed by atoms with Crippen molar-refractivity contribution in [2.75, 3.05) is 11.5 Å². The van der Waals surface area contributed by atoms with Gasteiger partial charge in [0.25, 0.3) is 0 Å². The highest BCUT2D eigenvalue weighted by atomic mass is 32.2. The topological polar surface area (TPSA) is 50.2 Å². The maximum absolute atomic E-state index is 10.9. The molecule has 0 bridgehead atoms. The minimum Gasteiger partial charge on any atom is -0.477 e. The lowest BCUT2D eigenvalue weighted by molar-refractivity contribution is 0.0701. The Bertz CT molecular complexity index is 554.